The molecule has 8 nitrogen and oxygen atoms in total. The normalized spacial score (nSPS) is 11.2. The second-order valence-corrected chi connectivity index (χ2v) is 10.1. The number of nitrogens with zero attached hydrogens (tertiary/aromatic N) is 2. The fourth-order valence-electron chi connectivity index (χ4n) is 4.05. The van der Waals surface area contributed by atoms with E-state index in [9.17, 15) is 13.2 Å². The van der Waals surface area contributed by atoms with Gasteiger partial charge in [-0.25, -0.2) is 13.6 Å². The van der Waals surface area contributed by atoms with Crippen molar-refractivity contribution in [3.05, 3.63) is 120 Å². The summed E-state index contributed by atoms with van der Waals surface area (Å²) < 4.78 is 24.0. The maximum Gasteiger partial charge on any atom is 0.254 e. The van der Waals surface area contributed by atoms with Crippen molar-refractivity contribution < 1.29 is 13.2 Å². The van der Waals surface area contributed by atoms with Gasteiger partial charge in [-0.1, -0.05) is 54.6 Å². The van der Waals surface area contributed by atoms with Crippen molar-refractivity contribution in [2.24, 2.45) is 10.9 Å². The van der Waals surface area contributed by atoms with Crippen LogP contribution >= 0.6 is 0 Å². The van der Waals surface area contributed by atoms with Crippen LogP contribution in [0.5, 0.6) is 0 Å². The minimum Gasteiger partial charge on any atom is -0.384 e. The van der Waals surface area contributed by atoms with Crippen LogP contribution < -0.4 is 10.9 Å². The molecular formula is C28H27N5O3S. The van der Waals surface area contributed by atoms with E-state index in [1.54, 1.807) is 65.8 Å². The lowest BCUT2D eigenvalue weighted by molar-refractivity contribution is 0.0745. The van der Waals surface area contributed by atoms with Crippen LogP contribution in [0.2, 0.25) is 0 Å². The first-order valence-electron chi connectivity index (χ1n) is 11.6. The summed E-state index contributed by atoms with van der Waals surface area (Å²) in [6, 6.07) is 24.5. The van der Waals surface area contributed by atoms with Crippen molar-refractivity contribution in [1.82, 2.24) is 9.88 Å². The molecule has 5 N–H and O–H groups in total. The number of hydrogen-bond donors (Lipinski definition) is 3. The van der Waals surface area contributed by atoms with Gasteiger partial charge in [0.15, 0.2) is 0 Å². The van der Waals surface area contributed by atoms with Crippen LogP contribution in [0.4, 0.5) is 0 Å². The second-order valence-electron chi connectivity index (χ2n) is 8.57. The van der Waals surface area contributed by atoms with Crippen molar-refractivity contribution in [1.29, 1.82) is 5.41 Å². The Bertz CT molecular complexity index is 1520. The van der Waals surface area contributed by atoms with Gasteiger partial charge in [-0.2, -0.15) is 0 Å². The Morgan fingerprint density at radius 3 is 2.30 bits per heavy atom. The SMILES string of the molecule is N=C(N)c1cccc(CCN(Cc2cccnc2)C(=O)c2ccc(-c3ccccc3S(N)(=O)=O)cc2)c1. The molecule has 0 saturated carbocycles. The summed E-state index contributed by atoms with van der Waals surface area (Å²) >= 11 is 0. The molecule has 0 spiro atoms. The van der Waals surface area contributed by atoms with Crippen LogP contribution in [-0.2, 0) is 23.0 Å². The number of carbonyl (C=O) groups excluding carboxylic acids is 1. The van der Waals surface area contributed by atoms with Crippen molar-refractivity contribution in [3.8, 4) is 11.1 Å². The first-order chi connectivity index (χ1) is 17.7. The van der Waals surface area contributed by atoms with Crippen LogP contribution in [-0.4, -0.2) is 36.6 Å². The molecule has 1 aromatic heterocycles. The van der Waals surface area contributed by atoms with Gasteiger partial charge < -0.3 is 10.6 Å². The number of pyridine rings is 1. The molecular weight excluding hydrogens is 486 g/mol. The highest BCUT2D eigenvalue weighted by molar-refractivity contribution is 7.89. The summed E-state index contributed by atoms with van der Waals surface area (Å²) in [4.78, 5) is 19.5. The zero-order chi connectivity index (χ0) is 26.4. The number of rotatable bonds is 9. The van der Waals surface area contributed by atoms with Gasteiger partial charge in [0.05, 0.1) is 4.90 Å². The molecule has 0 aliphatic heterocycles. The van der Waals surface area contributed by atoms with Gasteiger partial charge in [-0.3, -0.25) is 15.2 Å². The minimum atomic E-state index is -3.90. The van der Waals surface area contributed by atoms with E-state index in [2.05, 4.69) is 4.98 Å². The highest BCUT2D eigenvalue weighted by Gasteiger charge is 2.18. The van der Waals surface area contributed by atoms with E-state index in [1.165, 1.54) is 6.07 Å². The van der Waals surface area contributed by atoms with Crippen molar-refractivity contribution in [3.63, 3.8) is 0 Å². The minimum absolute atomic E-state index is 0.00533. The zero-order valence-electron chi connectivity index (χ0n) is 20.0. The number of nitrogen functional groups attached to an aromatic ring is 1. The Labute approximate surface area is 216 Å². The molecule has 0 aliphatic carbocycles. The molecule has 0 radical (unpaired) electrons. The van der Waals surface area contributed by atoms with E-state index in [1.807, 2.05) is 30.3 Å². The summed E-state index contributed by atoms with van der Waals surface area (Å²) in [6.45, 7) is 0.806. The predicted octanol–water partition coefficient (Wildman–Crippen LogP) is 3.57. The highest BCUT2D eigenvalue weighted by Crippen LogP contribution is 2.27. The third-order valence-electron chi connectivity index (χ3n) is 5.93. The second kappa shape index (κ2) is 11.2. The van der Waals surface area contributed by atoms with Crippen LogP contribution in [0.15, 0.2) is 102 Å². The molecule has 4 rings (SSSR count). The van der Waals surface area contributed by atoms with Gasteiger partial charge in [0.1, 0.15) is 5.84 Å². The lowest BCUT2D eigenvalue weighted by Crippen LogP contribution is -2.32. The maximum atomic E-state index is 13.6. The first kappa shape index (κ1) is 25.7. The first-order valence-corrected chi connectivity index (χ1v) is 13.1. The number of hydrogen-bond acceptors (Lipinski definition) is 5. The number of aromatic nitrogens is 1. The number of amidine groups is 1. The molecule has 0 saturated heterocycles. The standard InChI is InChI=1S/C28H27N5O3S/c29-27(30)24-7-3-5-20(17-24)14-16-33(19-21-6-4-15-32-18-21)28(34)23-12-10-22(11-13-23)25-8-1-2-9-26(25)37(31,35)36/h1-13,15,17-18H,14,16,19H2,(H3,29,30)(H2,31,35,36). The van der Waals surface area contributed by atoms with Crippen molar-refractivity contribution in [2.45, 2.75) is 17.9 Å². The van der Waals surface area contributed by atoms with Gasteiger partial charge in [0.25, 0.3) is 5.91 Å². The molecule has 4 aromatic rings. The average Bonchev–Trinajstić information content (AvgIpc) is 2.91. The largest absolute Gasteiger partial charge is 0.384 e. The molecule has 3 aromatic carbocycles. The predicted molar refractivity (Wildman–Crippen MR) is 143 cm³/mol. The molecule has 0 aliphatic rings. The quantitative estimate of drug-likeness (QED) is 0.232. The fraction of sp³-hybridized carbons (Fsp3) is 0.107. The Morgan fingerprint density at radius 2 is 1.62 bits per heavy atom. The molecule has 0 fully saturated rings. The Balaban J connectivity index is 1.59. The average molecular weight is 514 g/mol. The van der Waals surface area contributed by atoms with Crippen LogP contribution in [0.25, 0.3) is 11.1 Å². The Hall–Kier alpha value is -4.34. The zero-order valence-corrected chi connectivity index (χ0v) is 20.9. The Kier molecular flexibility index (Phi) is 7.76. The molecule has 1 amide bonds. The van der Waals surface area contributed by atoms with Crippen LogP contribution in [0.1, 0.15) is 27.0 Å². The molecule has 0 atom stereocenters. The lowest BCUT2D eigenvalue weighted by Gasteiger charge is -2.23. The van der Waals surface area contributed by atoms with Gasteiger partial charge in [-0.15, -0.1) is 0 Å². The molecule has 0 unspecified atom stereocenters. The molecule has 37 heavy (non-hydrogen) atoms. The van der Waals surface area contributed by atoms with Crippen LogP contribution in [0, 0.1) is 5.41 Å². The van der Waals surface area contributed by atoms with Crippen molar-refractivity contribution in [2.75, 3.05) is 6.54 Å². The number of carbonyl (C=O) groups is 1. The van der Waals surface area contributed by atoms with E-state index in [0.717, 1.165) is 11.1 Å². The van der Waals surface area contributed by atoms with E-state index in [0.29, 0.717) is 41.8 Å². The van der Waals surface area contributed by atoms with Gasteiger partial charge in [-0.05, 0) is 53.4 Å². The molecule has 1 heterocycles. The number of amides is 1. The fourth-order valence-corrected chi connectivity index (χ4v) is 4.81. The van der Waals surface area contributed by atoms with E-state index < -0.39 is 10.0 Å². The van der Waals surface area contributed by atoms with Crippen LogP contribution in [0.3, 0.4) is 0 Å². The van der Waals surface area contributed by atoms with Gasteiger partial charge in [0, 0.05) is 42.2 Å². The molecule has 0 bridgehead atoms. The van der Waals surface area contributed by atoms with Crippen molar-refractivity contribution >= 4 is 21.8 Å². The summed E-state index contributed by atoms with van der Waals surface area (Å²) in [5.74, 6) is -0.174. The number of primary sulfonamides is 1. The topological polar surface area (TPSA) is 143 Å². The number of sulfonamides is 1. The summed E-state index contributed by atoms with van der Waals surface area (Å²) in [5.41, 5.74) is 9.70. The monoisotopic (exact) mass is 513 g/mol. The Morgan fingerprint density at radius 1 is 0.892 bits per heavy atom. The number of benzene rings is 3. The summed E-state index contributed by atoms with van der Waals surface area (Å²) in [5, 5.41) is 13.1. The molecule has 188 valence electrons. The van der Waals surface area contributed by atoms with E-state index in [-0.39, 0.29) is 16.6 Å². The number of nitrogens with one attached hydrogen (secondary N) is 1. The van der Waals surface area contributed by atoms with Gasteiger partial charge in [0.2, 0.25) is 10.0 Å². The maximum absolute atomic E-state index is 13.6. The van der Waals surface area contributed by atoms with E-state index >= 15 is 0 Å². The third kappa shape index (κ3) is 6.46. The smallest absolute Gasteiger partial charge is 0.254 e. The van der Waals surface area contributed by atoms with E-state index in [4.69, 9.17) is 16.3 Å². The third-order valence-corrected chi connectivity index (χ3v) is 6.90. The summed E-state index contributed by atoms with van der Waals surface area (Å²) in [7, 11) is -3.90. The molecule has 9 heteroatoms. The lowest BCUT2D eigenvalue weighted by atomic mass is 10.0. The number of nitrogens with two attached hydrogens (primary N) is 2. The highest BCUT2D eigenvalue weighted by atomic mass is 32.2. The summed E-state index contributed by atoms with van der Waals surface area (Å²) in [6.07, 6.45) is 3.98. The van der Waals surface area contributed by atoms with Gasteiger partial charge >= 0.3 is 0 Å².